The van der Waals surface area contributed by atoms with E-state index in [-0.39, 0.29) is 6.61 Å². The maximum atomic E-state index is 10.6. The number of hydrogen-bond donors (Lipinski definition) is 0. The molecule has 0 amide bonds. The summed E-state index contributed by atoms with van der Waals surface area (Å²) in [6.07, 6.45) is 0.997. The Kier molecular flexibility index (Phi) is 3.69. The Labute approximate surface area is 83.8 Å². The molecule has 1 aromatic rings. The first-order valence-corrected chi connectivity index (χ1v) is 5.78. The van der Waals surface area contributed by atoms with Crippen LogP contribution in [0, 0.1) is 11.8 Å². The first-order valence-electron chi connectivity index (χ1n) is 3.96. The molecule has 0 aliphatic rings. The van der Waals surface area contributed by atoms with Gasteiger partial charge >= 0.3 is 0 Å². The lowest BCUT2D eigenvalue weighted by Crippen LogP contribution is -2.02. The lowest BCUT2D eigenvalue weighted by molar-refractivity contribution is 0.368. The molecule has 0 spiro atoms. The van der Waals surface area contributed by atoms with Gasteiger partial charge in [-0.25, -0.2) is 0 Å². The van der Waals surface area contributed by atoms with Gasteiger partial charge in [-0.15, -0.1) is 0 Å². The maximum absolute atomic E-state index is 10.6. The highest BCUT2D eigenvalue weighted by Gasteiger charge is 1.97. The second kappa shape index (κ2) is 4.80. The van der Waals surface area contributed by atoms with Gasteiger partial charge in [-0.1, -0.05) is 30.0 Å². The molecule has 0 atom stereocenters. The summed E-state index contributed by atoms with van der Waals surface area (Å²) >= 11 is 0. The molecule has 0 radical (unpaired) electrons. The monoisotopic (exact) mass is 210 g/mol. The summed E-state index contributed by atoms with van der Waals surface area (Å²) in [6.45, 7) is -0.103. The summed E-state index contributed by atoms with van der Waals surface area (Å²) in [6, 6.07) is 9.29. The minimum absolute atomic E-state index is 0.103. The van der Waals surface area contributed by atoms with E-state index in [1.807, 2.05) is 30.3 Å². The first-order chi connectivity index (χ1) is 6.58. The molecular weight excluding hydrogens is 200 g/mol. The molecule has 0 N–H and O–H groups in total. The quantitative estimate of drug-likeness (QED) is 0.540. The van der Waals surface area contributed by atoms with Crippen molar-refractivity contribution < 1.29 is 12.6 Å². The fourth-order valence-electron chi connectivity index (χ4n) is 0.796. The van der Waals surface area contributed by atoms with Crippen LogP contribution in [-0.2, 0) is 14.3 Å². The summed E-state index contributed by atoms with van der Waals surface area (Å²) in [5.74, 6) is 5.38. The van der Waals surface area contributed by atoms with Crippen molar-refractivity contribution in [2.45, 2.75) is 0 Å². The lowest BCUT2D eigenvalue weighted by Gasteiger charge is -1.92. The Morgan fingerprint density at radius 1 is 1.29 bits per heavy atom. The van der Waals surface area contributed by atoms with E-state index in [9.17, 15) is 8.42 Å². The Bertz CT molecular complexity index is 437. The van der Waals surface area contributed by atoms with Gasteiger partial charge in [0.2, 0.25) is 0 Å². The van der Waals surface area contributed by atoms with Crippen molar-refractivity contribution >= 4 is 10.1 Å². The third kappa shape index (κ3) is 4.65. The Morgan fingerprint density at radius 2 is 1.93 bits per heavy atom. The second-order valence-electron chi connectivity index (χ2n) is 2.63. The van der Waals surface area contributed by atoms with Gasteiger partial charge in [-0.2, -0.15) is 8.42 Å². The SMILES string of the molecule is CS(=O)(=O)OCC#Cc1ccccc1. The highest BCUT2D eigenvalue weighted by Crippen LogP contribution is 1.94. The molecule has 74 valence electrons. The summed E-state index contributed by atoms with van der Waals surface area (Å²) in [4.78, 5) is 0. The summed E-state index contributed by atoms with van der Waals surface area (Å²) in [7, 11) is -3.38. The highest BCUT2D eigenvalue weighted by molar-refractivity contribution is 7.85. The molecule has 3 nitrogen and oxygen atoms in total. The molecule has 0 heterocycles. The molecular formula is C10H10O3S. The third-order valence-corrected chi connectivity index (χ3v) is 1.90. The van der Waals surface area contributed by atoms with Crippen LogP contribution >= 0.6 is 0 Å². The fraction of sp³-hybridized carbons (Fsp3) is 0.200. The molecule has 0 saturated carbocycles. The molecule has 0 fully saturated rings. The maximum Gasteiger partial charge on any atom is 0.265 e. The Balaban J connectivity index is 2.50. The van der Waals surface area contributed by atoms with Gasteiger partial charge in [-0.3, -0.25) is 4.18 Å². The predicted octanol–water partition coefficient (Wildman–Crippen LogP) is 1.01. The van der Waals surface area contributed by atoms with Crippen molar-refractivity contribution in [3.63, 3.8) is 0 Å². The van der Waals surface area contributed by atoms with Crippen molar-refractivity contribution in [3.05, 3.63) is 35.9 Å². The number of hydrogen-bond acceptors (Lipinski definition) is 3. The van der Waals surface area contributed by atoms with Crippen molar-refractivity contribution in [1.29, 1.82) is 0 Å². The van der Waals surface area contributed by atoms with Gasteiger partial charge in [-0.05, 0) is 12.1 Å². The standard InChI is InChI=1S/C10H10O3S/c1-14(11,12)13-9-5-8-10-6-3-2-4-7-10/h2-4,6-7H,9H2,1H3. The number of benzene rings is 1. The lowest BCUT2D eigenvalue weighted by atomic mass is 10.2. The smallest absolute Gasteiger partial charge is 0.257 e. The van der Waals surface area contributed by atoms with E-state index in [0.29, 0.717) is 0 Å². The van der Waals surface area contributed by atoms with Gasteiger partial charge in [0.1, 0.15) is 6.61 Å². The number of rotatable bonds is 2. The van der Waals surface area contributed by atoms with Crippen LogP contribution in [0.5, 0.6) is 0 Å². The van der Waals surface area contributed by atoms with Crippen LogP contribution in [0.3, 0.4) is 0 Å². The Hall–Kier alpha value is -1.31. The van der Waals surface area contributed by atoms with Crippen LogP contribution in [0.15, 0.2) is 30.3 Å². The van der Waals surface area contributed by atoms with E-state index in [4.69, 9.17) is 0 Å². The molecule has 0 aliphatic heterocycles. The van der Waals surface area contributed by atoms with Crippen LogP contribution in [0.1, 0.15) is 5.56 Å². The normalized spacial score (nSPS) is 10.4. The van der Waals surface area contributed by atoms with Gasteiger partial charge in [0, 0.05) is 5.56 Å². The van der Waals surface area contributed by atoms with Crippen LogP contribution in [0.4, 0.5) is 0 Å². The molecule has 0 aliphatic carbocycles. The minimum atomic E-state index is -3.38. The Morgan fingerprint density at radius 3 is 2.50 bits per heavy atom. The molecule has 0 aromatic heterocycles. The predicted molar refractivity (Wildman–Crippen MR) is 54.1 cm³/mol. The van der Waals surface area contributed by atoms with Gasteiger partial charge in [0.25, 0.3) is 10.1 Å². The molecule has 1 rings (SSSR count). The average Bonchev–Trinajstić information content (AvgIpc) is 2.13. The zero-order valence-electron chi connectivity index (χ0n) is 7.73. The zero-order chi connectivity index (χ0) is 10.4. The zero-order valence-corrected chi connectivity index (χ0v) is 8.54. The van der Waals surface area contributed by atoms with E-state index < -0.39 is 10.1 Å². The molecule has 0 saturated heterocycles. The van der Waals surface area contributed by atoms with E-state index in [1.54, 1.807) is 0 Å². The van der Waals surface area contributed by atoms with E-state index in [2.05, 4.69) is 16.0 Å². The second-order valence-corrected chi connectivity index (χ2v) is 4.28. The van der Waals surface area contributed by atoms with Gasteiger partial charge in [0.15, 0.2) is 0 Å². The van der Waals surface area contributed by atoms with Crippen LogP contribution in [0.25, 0.3) is 0 Å². The average molecular weight is 210 g/mol. The van der Waals surface area contributed by atoms with Crippen LogP contribution in [0.2, 0.25) is 0 Å². The molecule has 1 aromatic carbocycles. The summed E-state index contributed by atoms with van der Waals surface area (Å²) in [5, 5.41) is 0. The fourth-order valence-corrected chi connectivity index (χ4v) is 1.07. The van der Waals surface area contributed by atoms with Gasteiger partial charge in [0.05, 0.1) is 6.26 Å². The summed E-state index contributed by atoms with van der Waals surface area (Å²) < 4.78 is 25.6. The van der Waals surface area contributed by atoms with Crippen LogP contribution in [-0.4, -0.2) is 21.3 Å². The third-order valence-electron chi connectivity index (χ3n) is 1.35. The van der Waals surface area contributed by atoms with E-state index in [0.717, 1.165) is 11.8 Å². The molecule has 0 bridgehead atoms. The van der Waals surface area contributed by atoms with Gasteiger partial charge < -0.3 is 0 Å². The highest BCUT2D eigenvalue weighted by atomic mass is 32.2. The first kappa shape index (κ1) is 10.8. The topological polar surface area (TPSA) is 43.4 Å². The summed E-state index contributed by atoms with van der Waals surface area (Å²) in [5.41, 5.74) is 0.838. The van der Waals surface area contributed by atoms with Crippen molar-refractivity contribution in [2.24, 2.45) is 0 Å². The van der Waals surface area contributed by atoms with Crippen molar-refractivity contribution in [1.82, 2.24) is 0 Å². The van der Waals surface area contributed by atoms with E-state index in [1.165, 1.54) is 0 Å². The largest absolute Gasteiger partial charge is 0.265 e. The minimum Gasteiger partial charge on any atom is -0.257 e. The van der Waals surface area contributed by atoms with Crippen molar-refractivity contribution in [2.75, 3.05) is 12.9 Å². The molecule has 0 unspecified atom stereocenters. The molecule has 14 heavy (non-hydrogen) atoms. The van der Waals surface area contributed by atoms with E-state index >= 15 is 0 Å². The molecule has 4 heteroatoms. The van der Waals surface area contributed by atoms with Crippen LogP contribution < -0.4 is 0 Å². The van der Waals surface area contributed by atoms with Crippen molar-refractivity contribution in [3.8, 4) is 11.8 Å².